The van der Waals surface area contributed by atoms with Crippen LogP contribution < -0.4 is 10.5 Å². The van der Waals surface area contributed by atoms with Crippen LogP contribution in [0, 0.1) is 0 Å². The van der Waals surface area contributed by atoms with E-state index in [0.29, 0.717) is 12.2 Å². The lowest BCUT2D eigenvalue weighted by atomic mass is 10.0. The molecule has 0 fully saturated rings. The Hall–Kier alpha value is -4.29. The smallest absolute Gasteiger partial charge is 0.338 e. The molecule has 0 aliphatic heterocycles. The first-order chi connectivity index (χ1) is 17.1. The van der Waals surface area contributed by atoms with Crippen LogP contribution in [0.2, 0.25) is 0 Å². The average molecular weight is 464 g/mol. The summed E-state index contributed by atoms with van der Waals surface area (Å²) in [6.07, 6.45) is 6.00. The van der Waals surface area contributed by atoms with Crippen LogP contribution in [0.25, 0.3) is 32.8 Å². The molecular weight excluding hydrogens is 438 g/mol. The first kappa shape index (κ1) is 22.5. The highest BCUT2D eigenvalue weighted by Crippen LogP contribution is 2.27. The van der Waals surface area contributed by atoms with Crippen LogP contribution in [0.15, 0.2) is 91.4 Å². The molecule has 0 radical (unpaired) electrons. The number of benzene rings is 3. The molecule has 0 saturated carbocycles. The van der Waals surface area contributed by atoms with E-state index >= 15 is 0 Å². The van der Waals surface area contributed by atoms with E-state index in [-0.39, 0.29) is 12.0 Å². The molecule has 0 saturated heterocycles. The van der Waals surface area contributed by atoms with Gasteiger partial charge in [0.1, 0.15) is 12.4 Å². The van der Waals surface area contributed by atoms with Crippen molar-refractivity contribution >= 4 is 27.6 Å². The SMILES string of the molecule is COC(=O)c1ccnc2ccc(-c3ccc(OC[C@H](N)Cc4ccc5cnccc5c4)cc3)cc12. The number of esters is 1. The van der Waals surface area contributed by atoms with Crippen molar-refractivity contribution in [3.63, 3.8) is 0 Å². The Morgan fingerprint density at radius 1 is 0.914 bits per heavy atom. The quantitative estimate of drug-likeness (QED) is 0.335. The Morgan fingerprint density at radius 2 is 1.74 bits per heavy atom. The van der Waals surface area contributed by atoms with Crippen LogP contribution in [-0.2, 0) is 11.2 Å². The normalized spacial score (nSPS) is 11.9. The summed E-state index contributed by atoms with van der Waals surface area (Å²) in [5, 5.41) is 3.03. The Labute approximate surface area is 203 Å². The van der Waals surface area contributed by atoms with Gasteiger partial charge >= 0.3 is 5.97 Å². The van der Waals surface area contributed by atoms with Gasteiger partial charge in [0.2, 0.25) is 0 Å². The van der Waals surface area contributed by atoms with Crippen LogP contribution in [0.4, 0.5) is 0 Å². The molecule has 2 aromatic heterocycles. The zero-order valence-corrected chi connectivity index (χ0v) is 19.3. The van der Waals surface area contributed by atoms with Crippen molar-refractivity contribution in [2.45, 2.75) is 12.5 Å². The topological polar surface area (TPSA) is 87.3 Å². The molecule has 5 rings (SSSR count). The molecule has 0 aliphatic carbocycles. The molecule has 0 bridgehead atoms. The van der Waals surface area contributed by atoms with E-state index < -0.39 is 0 Å². The van der Waals surface area contributed by atoms with Crippen LogP contribution in [0.3, 0.4) is 0 Å². The molecule has 0 unspecified atom stereocenters. The van der Waals surface area contributed by atoms with E-state index in [1.54, 1.807) is 18.5 Å². The Bertz CT molecular complexity index is 1500. The second-order valence-corrected chi connectivity index (χ2v) is 8.44. The molecule has 0 aliphatic rings. The second kappa shape index (κ2) is 9.91. The summed E-state index contributed by atoms with van der Waals surface area (Å²) in [7, 11) is 1.38. The molecule has 35 heavy (non-hydrogen) atoms. The molecular formula is C29H25N3O3. The number of carbonyl (C=O) groups excluding carboxylic acids is 1. The lowest BCUT2D eigenvalue weighted by Crippen LogP contribution is -2.30. The number of nitrogens with zero attached hydrogens (tertiary/aromatic N) is 2. The van der Waals surface area contributed by atoms with Gasteiger partial charge in [0.25, 0.3) is 0 Å². The zero-order chi connectivity index (χ0) is 24.2. The predicted octanol–water partition coefficient (Wildman–Crippen LogP) is 5.19. The Balaban J connectivity index is 1.25. The van der Waals surface area contributed by atoms with E-state index in [0.717, 1.165) is 45.0 Å². The number of carbonyl (C=O) groups is 1. The number of aromatic nitrogens is 2. The van der Waals surface area contributed by atoms with Crippen molar-refractivity contribution in [3.8, 4) is 16.9 Å². The maximum absolute atomic E-state index is 12.1. The van der Waals surface area contributed by atoms with Gasteiger partial charge in [-0.1, -0.05) is 36.4 Å². The fraction of sp³-hybridized carbons (Fsp3) is 0.138. The van der Waals surface area contributed by atoms with Crippen molar-refractivity contribution in [1.82, 2.24) is 9.97 Å². The van der Waals surface area contributed by atoms with Crippen molar-refractivity contribution in [2.24, 2.45) is 5.73 Å². The van der Waals surface area contributed by atoms with Crippen LogP contribution in [0.5, 0.6) is 5.75 Å². The summed E-state index contributed by atoms with van der Waals surface area (Å²) in [6.45, 7) is 0.415. The largest absolute Gasteiger partial charge is 0.492 e. The molecule has 6 nitrogen and oxygen atoms in total. The van der Waals surface area contributed by atoms with E-state index in [2.05, 4.69) is 28.2 Å². The number of methoxy groups -OCH3 is 1. The maximum atomic E-state index is 12.1. The lowest BCUT2D eigenvalue weighted by Gasteiger charge is -2.14. The van der Waals surface area contributed by atoms with E-state index in [1.165, 1.54) is 12.7 Å². The van der Waals surface area contributed by atoms with Crippen molar-refractivity contribution in [1.29, 1.82) is 0 Å². The number of pyridine rings is 2. The predicted molar refractivity (Wildman–Crippen MR) is 137 cm³/mol. The molecule has 0 spiro atoms. The third-order valence-electron chi connectivity index (χ3n) is 6.00. The van der Waals surface area contributed by atoms with Gasteiger partial charge in [0.15, 0.2) is 0 Å². The number of hydrogen-bond acceptors (Lipinski definition) is 6. The van der Waals surface area contributed by atoms with Crippen LogP contribution >= 0.6 is 0 Å². The van der Waals surface area contributed by atoms with Crippen molar-refractivity contribution < 1.29 is 14.3 Å². The fourth-order valence-electron chi connectivity index (χ4n) is 4.18. The van der Waals surface area contributed by atoms with E-state index in [9.17, 15) is 4.79 Å². The minimum Gasteiger partial charge on any atom is -0.492 e. The third kappa shape index (κ3) is 4.98. The molecule has 5 aromatic rings. The highest BCUT2D eigenvalue weighted by molar-refractivity contribution is 6.04. The van der Waals surface area contributed by atoms with E-state index in [4.69, 9.17) is 15.2 Å². The molecule has 3 aromatic carbocycles. The second-order valence-electron chi connectivity index (χ2n) is 8.44. The number of hydrogen-bond donors (Lipinski definition) is 1. The zero-order valence-electron chi connectivity index (χ0n) is 19.3. The summed E-state index contributed by atoms with van der Waals surface area (Å²) >= 11 is 0. The third-order valence-corrected chi connectivity index (χ3v) is 6.00. The highest BCUT2D eigenvalue weighted by Gasteiger charge is 2.12. The number of nitrogens with two attached hydrogens (primary N) is 1. The van der Waals surface area contributed by atoms with Crippen molar-refractivity contribution in [2.75, 3.05) is 13.7 Å². The van der Waals surface area contributed by atoms with Gasteiger partial charge in [-0.05, 0) is 64.9 Å². The van der Waals surface area contributed by atoms with Crippen LogP contribution in [0.1, 0.15) is 15.9 Å². The summed E-state index contributed by atoms with van der Waals surface area (Å²) in [6, 6.07) is 23.6. The van der Waals surface area contributed by atoms with E-state index in [1.807, 2.05) is 54.7 Å². The monoisotopic (exact) mass is 463 g/mol. The fourth-order valence-corrected chi connectivity index (χ4v) is 4.18. The van der Waals surface area contributed by atoms with Crippen LogP contribution in [-0.4, -0.2) is 35.7 Å². The minimum absolute atomic E-state index is 0.126. The summed E-state index contributed by atoms with van der Waals surface area (Å²) in [5.74, 6) is 0.377. The molecule has 2 heterocycles. The average Bonchev–Trinajstić information content (AvgIpc) is 2.91. The summed E-state index contributed by atoms with van der Waals surface area (Å²) in [5.41, 5.74) is 10.7. The van der Waals surface area contributed by atoms with Gasteiger partial charge in [-0.25, -0.2) is 4.79 Å². The first-order valence-electron chi connectivity index (χ1n) is 11.4. The highest BCUT2D eigenvalue weighted by atomic mass is 16.5. The van der Waals surface area contributed by atoms with Gasteiger partial charge in [0.05, 0.1) is 18.2 Å². The Morgan fingerprint density at radius 3 is 2.57 bits per heavy atom. The number of rotatable bonds is 7. The minimum atomic E-state index is -0.379. The Kier molecular flexibility index (Phi) is 6.37. The number of ether oxygens (including phenoxy) is 2. The molecule has 0 amide bonds. The van der Waals surface area contributed by atoms with Gasteiger partial charge in [-0.15, -0.1) is 0 Å². The number of fused-ring (bicyclic) bond motifs is 2. The summed E-state index contributed by atoms with van der Waals surface area (Å²) < 4.78 is 10.9. The van der Waals surface area contributed by atoms with Gasteiger partial charge in [-0.2, -0.15) is 0 Å². The molecule has 2 N–H and O–H groups in total. The van der Waals surface area contributed by atoms with Gasteiger partial charge < -0.3 is 15.2 Å². The molecule has 1 atom stereocenters. The maximum Gasteiger partial charge on any atom is 0.338 e. The lowest BCUT2D eigenvalue weighted by molar-refractivity contribution is 0.0603. The molecule has 6 heteroatoms. The molecule has 174 valence electrons. The first-order valence-corrected chi connectivity index (χ1v) is 11.4. The van der Waals surface area contributed by atoms with Crippen molar-refractivity contribution in [3.05, 3.63) is 103 Å². The standard InChI is InChI=1S/C29H25N3O3/c1-34-29(33)26-11-13-32-28-9-6-21(16-27(26)28)20-4-7-25(8-5-20)35-18-24(30)15-19-2-3-23-17-31-12-10-22(23)14-19/h2-14,16-17,24H,15,18,30H2,1H3/t24-/m1/s1. The van der Waals surface area contributed by atoms with Gasteiger partial charge in [-0.3, -0.25) is 9.97 Å². The van der Waals surface area contributed by atoms with Gasteiger partial charge in [0, 0.05) is 35.4 Å². The summed E-state index contributed by atoms with van der Waals surface area (Å²) in [4.78, 5) is 20.6.